The van der Waals surface area contributed by atoms with Crippen molar-refractivity contribution < 1.29 is 0 Å². The van der Waals surface area contributed by atoms with Gasteiger partial charge in [0.25, 0.3) is 0 Å². The molecule has 0 fully saturated rings. The molecule has 2 nitrogen and oxygen atoms in total. The second kappa shape index (κ2) is 9.89. The summed E-state index contributed by atoms with van der Waals surface area (Å²) in [5.41, 5.74) is 4.68. The van der Waals surface area contributed by atoms with Crippen LogP contribution in [0.4, 0.5) is 0 Å². The molecule has 0 aliphatic heterocycles. The van der Waals surface area contributed by atoms with Crippen molar-refractivity contribution >= 4 is 0 Å². The topological polar surface area (TPSA) is 47.6 Å². The van der Waals surface area contributed by atoms with E-state index < -0.39 is 0 Å². The summed E-state index contributed by atoms with van der Waals surface area (Å²) in [5, 5.41) is 17.1. The van der Waals surface area contributed by atoms with Crippen LogP contribution < -0.4 is 0 Å². The van der Waals surface area contributed by atoms with E-state index in [0.29, 0.717) is 5.56 Å². The number of unbranched alkanes of at least 4 members (excludes halogenated alkanes) is 1. The Balaban J connectivity index is 1.73. The van der Waals surface area contributed by atoms with E-state index in [1.54, 1.807) is 0 Å². The van der Waals surface area contributed by atoms with Crippen LogP contribution in [0.5, 0.6) is 0 Å². The Bertz CT molecular complexity index is 776. The number of aryl methyl sites for hydroxylation is 3. The Kier molecular flexibility index (Phi) is 7.14. The molecule has 0 radical (unpaired) electrons. The van der Waals surface area contributed by atoms with Crippen LogP contribution in [0.1, 0.15) is 41.5 Å². The molecule has 0 bridgehead atoms. The van der Waals surface area contributed by atoms with E-state index in [9.17, 15) is 0 Å². The number of hydrogen-bond donors (Lipinski definition) is 0. The molecule has 2 heteroatoms. The zero-order valence-electron chi connectivity index (χ0n) is 13.8. The smallest absolute Gasteiger partial charge is 0.152 e. The highest BCUT2D eigenvalue weighted by Gasteiger charge is 1.98. The molecule has 118 valence electrons. The van der Waals surface area contributed by atoms with E-state index in [2.05, 4.69) is 42.2 Å². The van der Waals surface area contributed by atoms with Crippen molar-refractivity contribution in [3.05, 3.63) is 70.8 Å². The molecular weight excluding hydrogens is 292 g/mol. The summed E-state index contributed by atoms with van der Waals surface area (Å²) in [6, 6.07) is 20.6. The van der Waals surface area contributed by atoms with Gasteiger partial charge in [-0.3, -0.25) is 0 Å². The lowest BCUT2D eigenvalue weighted by atomic mass is 10.0. The van der Waals surface area contributed by atoms with E-state index in [1.165, 1.54) is 16.7 Å². The number of benzene rings is 2. The van der Waals surface area contributed by atoms with Gasteiger partial charge in [0.2, 0.25) is 0 Å². The monoisotopic (exact) mass is 312 g/mol. The zero-order chi connectivity index (χ0) is 17.0. The summed E-state index contributed by atoms with van der Waals surface area (Å²) in [5.74, 6) is 5.26. The third-order valence-electron chi connectivity index (χ3n) is 3.95. The number of hydrogen-bond acceptors (Lipinski definition) is 2. The zero-order valence-corrected chi connectivity index (χ0v) is 13.8. The molecule has 0 atom stereocenters. The molecule has 2 aromatic rings. The number of nitrogens with zero attached hydrogens (tertiary/aromatic N) is 2. The summed E-state index contributed by atoms with van der Waals surface area (Å²) in [4.78, 5) is 0. The number of nitriles is 2. The predicted octanol–water partition coefficient (Wildman–Crippen LogP) is 4.58. The minimum atomic E-state index is 0.716. The first-order valence-electron chi connectivity index (χ1n) is 8.25. The molecule has 0 N–H and O–H groups in total. The molecule has 0 saturated heterocycles. The molecule has 2 rings (SSSR count). The van der Waals surface area contributed by atoms with Crippen LogP contribution in [-0.4, -0.2) is 0 Å². The lowest BCUT2D eigenvalue weighted by Crippen LogP contribution is -1.92. The summed E-state index contributed by atoms with van der Waals surface area (Å²) in [6.07, 6.45) is 5.98. The van der Waals surface area contributed by atoms with Gasteiger partial charge in [-0.25, -0.2) is 0 Å². The lowest BCUT2D eigenvalue weighted by molar-refractivity contribution is 0.817. The fraction of sp³-hybridized carbons (Fsp3) is 0.273. The summed E-state index contributed by atoms with van der Waals surface area (Å²) >= 11 is 0. The summed E-state index contributed by atoms with van der Waals surface area (Å²) in [7, 11) is 0. The van der Waals surface area contributed by atoms with Gasteiger partial charge >= 0.3 is 0 Å². The highest BCUT2D eigenvalue weighted by molar-refractivity contribution is 5.31. The molecule has 0 spiro atoms. The van der Waals surface area contributed by atoms with Crippen LogP contribution in [0.15, 0.2) is 48.5 Å². The van der Waals surface area contributed by atoms with Crippen molar-refractivity contribution in [3.8, 4) is 24.0 Å². The van der Waals surface area contributed by atoms with Crippen LogP contribution in [0, 0.1) is 34.5 Å². The van der Waals surface area contributed by atoms with Gasteiger partial charge in [0.15, 0.2) is 6.07 Å². The van der Waals surface area contributed by atoms with Crippen molar-refractivity contribution in [2.24, 2.45) is 0 Å². The Morgan fingerprint density at radius 3 is 1.67 bits per heavy atom. The lowest BCUT2D eigenvalue weighted by Gasteiger charge is -2.05. The Morgan fingerprint density at radius 1 is 0.667 bits per heavy atom. The average Bonchev–Trinajstić information content (AvgIpc) is 2.63. The van der Waals surface area contributed by atoms with E-state index in [0.717, 1.165) is 38.5 Å². The van der Waals surface area contributed by atoms with E-state index in [-0.39, 0.29) is 0 Å². The predicted molar refractivity (Wildman–Crippen MR) is 96.0 cm³/mol. The van der Waals surface area contributed by atoms with E-state index in [1.807, 2.05) is 30.3 Å². The number of rotatable bonds is 7. The fourth-order valence-corrected chi connectivity index (χ4v) is 2.60. The first-order valence-corrected chi connectivity index (χ1v) is 8.25. The van der Waals surface area contributed by atoms with Gasteiger partial charge in [-0.2, -0.15) is 10.5 Å². The van der Waals surface area contributed by atoms with Gasteiger partial charge in [0, 0.05) is 12.3 Å². The van der Waals surface area contributed by atoms with Crippen molar-refractivity contribution in [1.82, 2.24) is 0 Å². The van der Waals surface area contributed by atoms with Crippen LogP contribution >= 0.6 is 0 Å². The Labute approximate surface area is 144 Å². The van der Waals surface area contributed by atoms with Crippen molar-refractivity contribution in [2.75, 3.05) is 0 Å². The molecule has 0 aliphatic carbocycles. The van der Waals surface area contributed by atoms with Crippen molar-refractivity contribution in [3.63, 3.8) is 0 Å². The van der Waals surface area contributed by atoms with Crippen LogP contribution in [0.25, 0.3) is 0 Å². The standard InChI is InChI=1S/C22H20N2/c23-17-4-2-1-3-6-19-9-11-20(12-10-19)7-5-8-21-13-15-22(18-24)16-14-21/h9-16H,1,3,5-8H2. The molecule has 0 amide bonds. The van der Waals surface area contributed by atoms with E-state index in [4.69, 9.17) is 10.5 Å². The first kappa shape index (κ1) is 17.3. The minimum Gasteiger partial charge on any atom is -0.192 e. The van der Waals surface area contributed by atoms with Gasteiger partial charge < -0.3 is 0 Å². The Morgan fingerprint density at radius 2 is 1.17 bits per heavy atom. The minimum absolute atomic E-state index is 0.716. The molecule has 2 aromatic carbocycles. The normalized spacial score (nSPS) is 9.42. The second-order valence-electron chi connectivity index (χ2n) is 5.75. The highest BCUT2D eigenvalue weighted by atomic mass is 14.2. The van der Waals surface area contributed by atoms with Gasteiger partial charge in [-0.1, -0.05) is 42.3 Å². The quantitative estimate of drug-likeness (QED) is 0.555. The molecule has 0 heterocycles. The molecule has 0 aliphatic rings. The second-order valence-corrected chi connectivity index (χ2v) is 5.75. The summed E-state index contributed by atoms with van der Waals surface area (Å²) in [6.45, 7) is 0. The van der Waals surface area contributed by atoms with Crippen molar-refractivity contribution in [1.29, 1.82) is 10.5 Å². The van der Waals surface area contributed by atoms with Gasteiger partial charge in [-0.05, 0) is 60.9 Å². The molecular formula is C22H20N2. The first-order chi connectivity index (χ1) is 11.8. The van der Waals surface area contributed by atoms with Crippen LogP contribution in [0.3, 0.4) is 0 Å². The van der Waals surface area contributed by atoms with E-state index >= 15 is 0 Å². The molecule has 24 heavy (non-hydrogen) atoms. The van der Waals surface area contributed by atoms with Crippen LogP contribution in [-0.2, 0) is 19.3 Å². The molecule has 0 unspecified atom stereocenters. The van der Waals surface area contributed by atoms with Gasteiger partial charge in [0.05, 0.1) is 11.6 Å². The average molecular weight is 312 g/mol. The SMILES string of the molecule is N#CC#CCCCc1ccc(CCCc2ccc(C#N)cc2)cc1. The maximum absolute atomic E-state index is 8.80. The molecule has 0 aromatic heterocycles. The van der Waals surface area contributed by atoms with Gasteiger partial charge in [-0.15, -0.1) is 0 Å². The third kappa shape index (κ3) is 6.00. The maximum Gasteiger partial charge on any atom is 0.152 e. The summed E-state index contributed by atoms with van der Waals surface area (Å²) < 4.78 is 0. The van der Waals surface area contributed by atoms with Gasteiger partial charge in [0.1, 0.15) is 0 Å². The molecule has 0 saturated carbocycles. The van der Waals surface area contributed by atoms with Crippen molar-refractivity contribution in [2.45, 2.75) is 38.5 Å². The van der Waals surface area contributed by atoms with Crippen LogP contribution in [0.2, 0.25) is 0 Å². The maximum atomic E-state index is 8.80. The third-order valence-corrected chi connectivity index (χ3v) is 3.95. The highest BCUT2D eigenvalue weighted by Crippen LogP contribution is 2.12. The fourth-order valence-electron chi connectivity index (χ4n) is 2.60. The largest absolute Gasteiger partial charge is 0.192 e. The Hall–Kier alpha value is -3.02.